The van der Waals surface area contributed by atoms with Crippen molar-refractivity contribution in [1.29, 1.82) is 0 Å². The molecule has 0 unspecified atom stereocenters. The molecule has 0 radical (unpaired) electrons. The summed E-state index contributed by atoms with van der Waals surface area (Å²) in [6.07, 6.45) is 1.55. The number of halogens is 1. The van der Waals surface area contributed by atoms with Gasteiger partial charge in [-0.1, -0.05) is 19.1 Å². The van der Waals surface area contributed by atoms with Crippen molar-refractivity contribution in [3.63, 3.8) is 0 Å². The molecule has 1 aliphatic rings. The maximum absolute atomic E-state index is 12.9. The molecule has 0 aliphatic carbocycles. The van der Waals surface area contributed by atoms with E-state index < -0.39 is 9.84 Å². The molecule has 1 saturated heterocycles. The maximum Gasteiger partial charge on any atom is 0.227 e. The van der Waals surface area contributed by atoms with Crippen molar-refractivity contribution in [2.75, 3.05) is 11.5 Å². The summed E-state index contributed by atoms with van der Waals surface area (Å²) in [7, 11) is -2.93. The van der Waals surface area contributed by atoms with Crippen LogP contribution in [-0.2, 0) is 14.6 Å². The van der Waals surface area contributed by atoms with E-state index in [0.29, 0.717) is 19.3 Å². The van der Waals surface area contributed by atoms with E-state index in [1.165, 1.54) is 12.1 Å². The predicted octanol–water partition coefficient (Wildman–Crippen LogP) is 2.01. The first kappa shape index (κ1) is 15.9. The molecule has 1 N–H and O–H groups in total. The molecule has 1 atom stereocenters. The lowest BCUT2D eigenvalue weighted by Crippen LogP contribution is -2.42. The van der Waals surface area contributed by atoms with Gasteiger partial charge in [0.15, 0.2) is 0 Å². The molecule has 1 amide bonds. The Labute approximate surface area is 124 Å². The van der Waals surface area contributed by atoms with E-state index in [1.807, 2.05) is 6.92 Å². The molecule has 21 heavy (non-hydrogen) atoms. The van der Waals surface area contributed by atoms with Crippen molar-refractivity contribution in [3.05, 3.63) is 35.6 Å². The van der Waals surface area contributed by atoms with Gasteiger partial charge in [0.25, 0.3) is 0 Å². The minimum atomic E-state index is -2.93. The smallest absolute Gasteiger partial charge is 0.227 e. The Bertz CT molecular complexity index is 584. The zero-order valence-electron chi connectivity index (χ0n) is 12.0. The number of hydrogen-bond donors (Lipinski definition) is 1. The van der Waals surface area contributed by atoms with Crippen LogP contribution >= 0.6 is 0 Å². The molecule has 0 spiro atoms. The van der Waals surface area contributed by atoms with Gasteiger partial charge < -0.3 is 5.32 Å². The van der Waals surface area contributed by atoms with Gasteiger partial charge in [0.05, 0.1) is 17.4 Å². The summed E-state index contributed by atoms with van der Waals surface area (Å²) < 4.78 is 35.7. The van der Waals surface area contributed by atoms with Crippen LogP contribution in [0.25, 0.3) is 0 Å². The number of benzene rings is 1. The summed E-state index contributed by atoms with van der Waals surface area (Å²) in [4.78, 5) is 12.3. The molecule has 0 aromatic heterocycles. The summed E-state index contributed by atoms with van der Waals surface area (Å²) in [5.41, 5.74) is 0.778. The van der Waals surface area contributed by atoms with Gasteiger partial charge in [-0.3, -0.25) is 4.79 Å². The molecule has 0 saturated carbocycles. The Morgan fingerprint density at radius 1 is 1.29 bits per heavy atom. The lowest BCUT2D eigenvalue weighted by atomic mass is 9.95. The minimum Gasteiger partial charge on any atom is -0.353 e. The van der Waals surface area contributed by atoms with Crippen molar-refractivity contribution in [2.24, 2.45) is 0 Å². The first-order valence-corrected chi connectivity index (χ1v) is 8.99. The van der Waals surface area contributed by atoms with Crippen molar-refractivity contribution in [2.45, 2.75) is 38.1 Å². The Kier molecular flexibility index (Phi) is 4.98. The average Bonchev–Trinajstić information content (AvgIpc) is 2.44. The highest BCUT2D eigenvalue weighted by atomic mass is 32.2. The van der Waals surface area contributed by atoms with Crippen molar-refractivity contribution >= 4 is 15.7 Å². The van der Waals surface area contributed by atoms with Gasteiger partial charge >= 0.3 is 0 Å². The van der Waals surface area contributed by atoms with Crippen LogP contribution in [0.2, 0.25) is 0 Å². The number of rotatable bonds is 4. The largest absolute Gasteiger partial charge is 0.353 e. The molecule has 1 aromatic rings. The monoisotopic (exact) mass is 313 g/mol. The second-order valence-corrected chi connectivity index (χ2v) is 7.75. The van der Waals surface area contributed by atoms with Gasteiger partial charge in [-0.2, -0.15) is 0 Å². The van der Waals surface area contributed by atoms with Gasteiger partial charge in [-0.25, -0.2) is 12.8 Å². The lowest BCUT2D eigenvalue weighted by molar-refractivity contribution is -0.123. The van der Waals surface area contributed by atoms with Gasteiger partial charge in [-0.05, 0) is 37.0 Å². The maximum atomic E-state index is 12.9. The van der Waals surface area contributed by atoms with E-state index in [-0.39, 0.29) is 35.2 Å². The van der Waals surface area contributed by atoms with Crippen LogP contribution in [0.1, 0.15) is 37.7 Å². The minimum absolute atomic E-state index is 0.0875. The Hall–Kier alpha value is -1.43. The number of nitrogens with one attached hydrogen (secondary N) is 1. The third-order valence-electron chi connectivity index (χ3n) is 3.90. The summed E-state index contributed by atoms with van der Waals surface area (Å²) >= 11 is 0. The molecule has 2 rings (SSSR count). The van der Waals surface area contributed by atoms with Crippen molar-refractivity contribution < 1.29 is 17.6 Å². The Balaban J connectivity index is 1.99. The van der Waals surface area contributed by atoms with Crippen molar-refractivity contribution in [1.82, 2.24) is 5.32 Å². The van der Waals surface area contributed by atoms with Gasteiger partial charge in [0, 0.05) is 6.04 Å². The molecule has 6 heteroatoms. The second kappa shape index (κ2) is 6.56. The van der Waals surface area contributed by atoms with E-state index in [2.05, 4.69) is 5.32 Å². The third-order valence-corrected chi connectivity index (χ3v) is 5.61. The summed E-state index contributed by atoms with van der Waals surface area (Å²) in [5.74, 6) is -0.514. The molecule has 4 nitrogen and oxygen atoms in total. The normalized spacial score (nSPS) is 19.9. The topological polar surface area (TPSA) is 63.2 Å². The molecule has 116 valence electrons. The fourth-order valence-electron chi connectivity index (χ4n) is 2.60. The summed E-state index contributed by atoms with van der Waals surface area (Å²) in [5, 5.41) is 2.92. The van der Waals surface area contributed by atoms with Crippen LogP contribution in [-0.4, -0.2) is 31.9 Å². The third kappa shape index (κ3) is 4.27. The fraction of sp³-hybridized carbons (Fsp3) is 0.533. The molecular formula is C15H20FNO3S. The zero-order chi connectivity index (χ0) is 15.5. The van der Waals surface area contributed by atoms with Crippen LogP contribution in [0, 0.1) is 5.82 Å². The van der Waals surface area contributed by atoms with Crippen LogP contribution in [0.4, 0.5) is 4.39 Å². The average molecular weight is 313 g/mol. The van der Waals surface area contributed by atoms with Gasteiger partial charge in [0.1, 0.15) is 15.7 Å². The lowest BCUT2D eigenvalue weighted by Gasteiger charge is -2.25. The first-order chi connectivity index (χ1) is 9.91. The molecule has 1 aromatic carbocycles. The van der Waals surface area contributed by atoms with Crippen LogP contribution in [0.3, 0.4) is 0 Å². The highest BCUT2D eigenvalue weighted by molar-refractivity contribution is 7.91. The molecule has 0 bridgehead atoms. The summed E-state index contributed by atoms with van der Waals surface area (Å²) in [6.45, 7) is 1.90. The zero-order valence-corrected chi connectivity index (χ0v) is 12.8. The number of hydrogen-bond acceptors (Lipinski definition) is 3. The Morgan fingerprint density at radius 2 is 1.86 bits per heavy atom. The summed E-state index contributed by atoms with van der Waals surface area (Å²) in [6, 6.07) is 5.84. The van der Waals surface area contributed by atoms with Crippen molar-refractivity contribution in [3.8, 4) is 0 Å². The second-order valence-electron chi connectivity index (χ2n) is 5.45. The highest BCUT2D eigenvalue weighted by Crippen LogP contribution is 2.21. The van der Waals surface area contributed by atoms with E-state index in [4.69, 9.17) is 0 Å². The van der Waals surface area contributed by atoms with E-state index in [1.54, 1.807) is 12.1 Å². The van der Waals surface area contributed by atoms with Gasteiger partial charge in [0.2, 0.25) is 5.91 Å². The highest BCUT2D eigenvalue weighted by Gasteiger charge is 2.27. The van der Waals surface area contributed by atoms with E-state index in [0.717, 1.165) is 5.56 Å². The number of carbonyl (C=O) groups is 1. The number of sulfone groups is 1. The van der Waals surface area contributed by atoms with Gasteiger partial charge in [-0.15, -0.1) is 0 Å². The van der Waals surface area contributed by atoms with E-state index >= 15 is 0 Å². The Morgan fingerprint density at radius 3 is 2.38 bits per heavy atom. The first-order valence-electron chi connectivity index (χ1n) is 7.17. The molecular weight excluding hydrogens is 293 g/mol. The fourth-order valence-corrected chi connectivity index (χ4v) is 4.10. The molecule has 1 fully saturated rings. The molecule has 1 aliphatic heterocycles. The number of amides is 1. The predicted molar refractivity (Wildman–Crippen MR) is 79.3 cm³/mol. The standard InChI is InChI=1S/C15H20FNO3S/c1-2-14(11-3-5-12(16)6-4-11)15(18)17-13-7-9-21(19,20)10-8-13/h3-6,13-14H,2,7-10H2,1H3,(H,17,18)/t14-/m0/s1. The SMILES string of the molecule is CC[C@H](C(=O)NC1CCS(=O)(=O)CC1)c1ccc(F)cc1. The van der Waals surface area contributed by atoms with Crippen LogP contribution in [0.15, 0.2) is 24.3 Å². The van der Waals surface area contributed by atoms with Crippen LogP contribution in [0.5, 0.6) is 0 Å². The van der Waals surface area contributed by atoms with E-state index in [9.17, 15) is 17.6 Å². The number of carbonyl (C=O) groups excluding carboxylic acids is 1. The molecule has 1 heterocycles. The quantitative estimate of drug-likeness (QED) is 0.925. The van der Waals surface area contributed by atoms with Crippen LogP contribution < -0.4 is 5.32 Å².